The largest absolute Gasteiger partial charge is 0.0996 e. The van der Waals surface area contributed by atoms with Crippen LogP contribution in [-0.2, 0) is 0 Å². The Bertz CT molecular complexity index is 175. The van der Waals surface area contributed by atoms with Crippen LogP contribution in [0.2, 0.25) is 0 Å². The first kappa shape index (κ1) is 10.3. The normalized spacial score (nSPS) is 12.9. The van der Waals surface area contributed by atoms with Gasteiger partial charge in [-0.25, -0.2) is 0 Å². The number of hydrogen-bond acceptors (Lipinski definition) is 1. The molecular weight excluding hydrogens is 152 g/mol. The first-order valence-electron chi connectivity index (χ1n) is 3.47. The van der Waals surface area contributed by atoms with E-state index < -0.39 is 0 Å². The van der Waals surface area contributed by atoms with Crippen LogP contribution >= 0.6 is 11.8 Å². The molecule has 0 rings (SSSR count). The zero-order valence-electron chi connectivity index (χ0n) is 7.13. The van der Waals surface area contributed by atoms with Gasteiger partial charge in [-0.05, 0) is 23.7 Å². The first-order chi connectivity index (χ1) is 5.20. The molecule has 0 aromatic rings. The summed E-state index contributed by atoms with van der Waals surface area (Å²) < 4.78 is 0. The van der Waals surface area contributed by atoms with Crippen molar-refractivity contribution >= 4 is 11.8 Å². The molecule has 1 heteroatoms. The summed E-state index contributed by atoms with van der Waals surface area (Å²) in [5.41, 5.74) is 0. The summed E-state index contributed by atoms with van der Waals surface area (Å²) in [6.07, 6.45) is 7.57. The van der Waals surface area contributed by atoms with Crippen molar-refractivity contribution in [2.45, 2.75) is 13.8 Å². The summed E-state index contributed by atoms with van der Waals surface area (Å²) >= 11 is 1.73. The molecule has 0 unspecified atom stereocenters. The molecule has 0 fully saturated rings. The molecule has 0 saturated heterocycles. The van der Waals surface area contributed by atoms with Crippen molar-refractivity contribution in [3.05, 3.63) is 47.3 Å². The molecule has 0 heterocycles. The lowest BCUT2D eigenvalue weighted by molar-refractivity contribution is 1.63. The number of rotatable bonds is 4. The van der Waals surface area contributed by atoms with Gasteiger partial charge in [0, 0.05) is 0 Å². The van der Waals surface area contributed by atoms with Crippen LogP contribution in [0.3, 0.4) is 0 Å². The van der Waals surface area contributed by atoms with Crippen LogP contribution in [-0.4, -0.2) is 0 Å². The van der Waals surface area contributed by atoms with Gasteiger partial charge in [0.25, 0.3) is 0 Å². The molecule has 0 amide bonds. The highest BCUT2D eigenvalue weighted by Crippen LogP contribution is 2.23. The average molecular weight is 166 g/mol. The summed E-state index contributed by atoms with van der Waals surface area (Å²) in [4.78, 5) is 2.49. The Balaban J connectivity index is 4.03. The van der Waals surface area contributed by atoms with Gasteiger partial charge < -0.3 is 0 Å². The Morgan fingerprint density at radius 3 is 1.64 bits per heavy atom. The summed E-state index contributed by atoms with van der Waals surface area (Å²) in [6.45, 7) is 11.4. The molecule has 11 heavy (non-hydrogen) atoms. The van der Waals surface area contributed by atoms with Gasteiger partial charge in [-0.3, -0.25) is 0 Å². The van der Waals surface area contributed by atoms with Crippen molar-refractivity contribution < 1.29 is 0 Å². The van der Waals surface area contributed by atoms with Crippen LogP contribution in [0, 0.1) is 0 Å². The third-order valence-electron chi connectivity index (χ3n) is 1.03. The van der Waals surface area contributed by atoms with Crippen LogP contribution in [0.15, 0.2) is 47.3 Å². The van der Waals surface area contributed by atoms with Crippen molar-refractivity contribution in [1.82, 2.24) is 0 Å². The molecular formula is C10H14S. The van der Waals surface area contributed by atoms with Gasteiger partial charge in [0.05, 0.1) is 0 Å². The zero-order chi connectivity index (χ0) is 8.69. The average Bonchev–Trinajstić information content (AvgIpc) is 1.87. The standard InChI is InChI=1S/C10H14S/c1-5-7-9(3)11-10(4)8-6-2/h5-8H,1-2H2,3-4H3/b9-7+,10-8+. The van der Waals surface area contributed by atoms with E-state index >= 15 is 0 Å². The second-order valence-electron chi connectivity index (χ2n) is 2.13. The predicted molar refractivity (Wildman–Crippen MR) is 55.5 cm³/mol. The molecule has 0 radical (unpaired) electrons. The van der Waals surface area contributed by atoms with Crippen molar-refractivity contribution in [2.75, 3.05) is 0 Å². The van der Waals surface area contributed by atoms with Gasteiger partial charge in [-0.1, -0.05) is 49.2 Å². The maximum absolute atomic E-state index is 3.62. The Morgan fingerprint density at radius 2 is 1.36 bits per heavy atom. The molecule has 0 aromatic carbocycles. The van der Waals surface area contributed by atoms with E-state index in [0.29, 0.717) is 0 Å². The molecule has 0 bridgehead atoms. The van der Waals surface area contributed by atoms with E-state index in [4.69, 9.17) is 0 Å². The Kier molecular flexibility index (Phi) is 5.67. The lowest BCUT2D eigenvalue weighted by Gasteiger charge is -1.97. The van der Waals surface area contributed by atoms with Crippen molar-refractivity contribution in [3.63, 3.8) is 0 Å². The quantitative estimate of drug-likeness (QED) is 0.571. The molecule has 0 atom stereocenters. The second kappa shape index (κ2) is 6.05. The van der Waals surface area contributed by atoms with E-state index in [1.807, 2.05) is 12.2 Å². The van der Waals surface area contributed by atoms with Gasteiger partial charge in [-0.15, -0.1) is 0 Å². The summed E-state index contributed by atoms with van der Waals surface area (Å²) in [6, 6.07) is 0. The third kappa shape index (κ3) is 5.74. The van der Waals surface area contributed by atoms with E-state index in [1.165, 1.54) is 9.81 Å². The lowest BCUT2D eigenvalue weighted by Crippen LogP contribution is -1.67. The minimum Gasteiger partial charge on any atom is -0.0996 e. The molecule has 0 spiro atoms. The van der Waals surface area contributed by atoms with Gasteiger partial charge >= 0.3 is 0 Å². The van der Waals surface area contributed by atoms with Gasteiger partial charge in [-0.2, -0.15) is 0 Å². The van der Waals surface area contributed by atoms with Crippen LogP contribution in [0.5, 0.6) is 0 Å². The van der Waals surface area contributed by atoms with Gasteiger partial charge in [0.2, 0.25) is 0 Å². The first-order valence-corrected chi connectivity index (χ1v) is 4.29. The molecule has 0 aromatic heterocycles. The van der Waals surface area contributed by atoms with Crippen LogP contribution in [0.25, 0.3) is 0 Å². The maximum Gasteiger partial charge on any atom is -0.0137 e. The highest BCUT2D eigenvalue weighted by molar-refractivity contribution is 8.06. The number of allylic oxidation sites excluding steroid dienone is 6. The monoisotopic (exact) mass is 166 g/mol. The van der Waals surface area contributed by atoms with Crippen molar-refractivity contribution in [1.29, 1.82) is 0 Å². The smallest absolute Gasteiger partial charge is 0.0137 e. The summed E-state index contributed by atoms with van der Waals surface area (Å²) in [5.74, 6) is 0. The second-order valence-corrected chi connectivity index (χ2v) is 3.62. The summed E-state index contributed by atoms with van der Waals surface area (Å²) in [7, 11) is 0. The van der Waals surface area contributed by atoms with E-state index in [2.05, 4.69) is 27.0 Å². The van der Waals surface area contributed by atoms with Gasteiger partial charge in [0.15, 0.2) is 0 Å². The molecule has 0 N–H and O–H groups in total. The summed E-state index contributed by atoms with van der Waals surface area (Å²) in [5, 5.41) is 0. The fraction of sp³-hybridized carbons (Fsp3) is 0.200. The molecule has 0 saturated carbocycles. The van der Waals surface area contributed by atoms with Gasteiger partial charge in [0.1, 0.15) is 0 Å². The molecule has 0 aliphatic carbocycles. The van der Waals surface area contributed by atoms with Crippen LogP contribution in [0.1, 0.15) is 13.8 Å². The molecule has 0 nitrogen and oxygen atoms in total. The SMILES string of the molecule is C=C/C=C(\C)S/C(C)=C/C=C. The minimum atomic E-state index is 1.25. The highest BCUT2D eigenvalue weighted by atomic mass is 32.2. The zero-order valence-corrected chi connectivity index (χ0v) is 7.95. The Morgan fingerprint density at radius 1 is 1.00 bits per heavy atom. The third-order valence-corrected chi connectivity index (χ3v) is 1.94. The Labute approximate surface area is 73.4 Å². The molecule has 60 valence electrons. The van der Waals surface area contributed by atoms with Crippen LogP contribution < -0.4 is 0 Å². The van der Waals surface area contributed by atoms with E-state index in [0.717, 1.165) is 0 Å². The Hall–Kier alpha value is -0.690. The number of hydrogen-bond donors (Lipinski definition) is 0. The minimum absolute atomic E-state index is 1.25. The fourth-order valence-electron chi connectivity index (χ4n) is 0.654. The van der Waals surface area contributed by atoms with E-state index in [9.17, 15) is 0 Å². The molecule has 0 aliphatic rings. The number of thioether (sulfide) groups is 1. The lowest BCUT2D eigenvalue weighted by atomic mass is 10.5. The van der Waals surface area contributed by atoms with Crippen molar-refractivity contribution in [3.8, 4) is 0 Å². The fourth-order valence-corrected chi connectivity index (χ4v) is 1.49. The molecule has 0 aliphatic heterocycles. The topological polar surface area (TPSA) is 0 Å². The predicted octanol–water partition coefficient (Wildman–Crippen LogP) is 3.90. The van der Waals surface area contributed by atoms with E-state index in [-0.39, 0.29) is 0 Å². The van der Waals surface area contributed by atoms with Crippen LogP contribution in [0.4, 0.5) is 0 Å². The maximum atomic E-state index is 3.62. The highest BCUT2D eigenvalue weighted by Gasteiger charge is 1.89. The van der Waals surface area contributed by atoms with E-state index in [1.54, 1.807) is 23.9 Å². The van der Waals surface area contributed by atoms with Crippen molar-refractivity contribution in [2.24, 2.45) is 0 Å².